The molecule has 0 aliphatic carbocycles. The van der Waals surface area contributed by atoms with Gasteiger partial charge < -0.3 is 10.2 Å². The number of rotatable bonds is 11. The second-order valence-electron chi connectivity index (χ2n) is 9.29. The van der Waals surface area contributed by atoms with Gasteiger partial charge >= 0.3 is 0 Å². The van der Waals surface area contributed by atoms with Crippen molar-refractivity contribution in [1.82, 2.24) is 10.2 Å². The van der Waals surface area contributed by atoms with Crippen molar-refractivity contribution in [2.45, 2.75) is 51.6 Å². The first kappa shape index (κ1) is 28.8. The molecule has 38 heavy (non-hydrogen) atoms. The number of halogens is 1. The molecule has 9 heteroatoms. The molecule has 1 N–H and O–H groups in total. The predicted octanol–water partition coefficient (Wildman–Crippen LogP) is 4.58. The van der Waals surface area contributed by atoms with Crippen molar-refractivity contribution in [2.75, 3.05) is 17.4 Å². The highest BCUT2D eigenvalue weighted by molar-refractivity contribution is 7.92. The van der Waals surface area contributed by atoms with Gasteiger partial charge in [-0.3, -0.25) is 13.9 Å². The number of carbonyl (C=O) groups is 2. The molecule has 0 unspecified atom stereocenters. The van der Waals surface area contributed by atoms with Gasteiger partial charge in [0.05, 0.1) is 10.6 Å². The summed E-state index contributed by atoms with van der Waals surface area (Å²) in [6.45, 7) is 7.15. The van der Waals surface area contributed by atoms with Crippen LogP contribution in [-0.4, -0.2) is 44.3 Å². The molecular weight excluding hydrogens is 505 g/mol. The molecular formula is C29H34FN3O4S. The highest BCUT2D eigenvalue weighted by Crippen LogP contribution is 2.26. The summed E-state index contributed by atoms with van der Waals surface area (Å²) in [6, 6.07) is 18.0. The highest BCUT2D eigenvalue weighted by atomic mass is 32.2. The number of hydrogen-bond donors (Lipinski definition) is 1. The van der Waals surface area contributed by atoms with E-state index in [1.807, 2.05) is 26.8 Å². The largest absolute Gasteiger partial charge is 0.354 e. The molecule has 0 spiro atoms. The Hall–Kier alpha value is -3.72. The maximum atomic E-state index is 13.8. The van der Waals surface area contributed by atoms with Crippen LogP contribution in [0, 0.1) is 19.7 Å². The lowest BCUT2D eigenvalue weighted by molar-refractivity contribution is -0.139. The number of aryl methyl sites for hydroxylation is 2. The van der Waals surface area contributed by atoms with E-state index >= 15 is 0 Å². The van der Waals surface area contributed by atoms with E-state index in [-0.39, 0.29) is 17.3 Å². The van der Waals surface area contributed by atoms with Crippen LogP contribution in [-0.2, 0) is 26.2 Å². The minimum absolute atomic E-state index is 0.00585. The van der Waals surface area contributed by atoms with E-state index in [4.69, 9.17) is 0 Å². The molecule has 0 heterocycles. The molecule has 7 nitrogen and oxygen atoms in total. The minimum Gasteiger partial charge on any atom is -0.354 e. The summed E-state index contributed by atoms with van der Waals surface area (Å²) in [5.41, 5.74) is 2.65. The molecule has 0 radical (unpaired) electrons. The van der Waals surface area contributed by atoms with Crippen LogP contribution in [0.5, 0.6) is 0 Å². The predicted molar refractivity (Wildman–Crippen MR) is 147 cm³/mol. The van der Waals surface area contributed by atoms with Gasteiger partial charge in [0, 0.05) is 13.1 Å². The SMILES string of the molecule is CCCNC(=O)[C@@H](C)N(Cc1ccc(F)cc1)C(=O)CN(c1cc(C)cc(C)c1)S(=O)(=O)c1ccccc1. The number of nitrogens with one attached hydrogen (secondary N) is 1. The fourth-order valence-electron chi connectivity index (χ4n) is 4.11. The number of hydrogen-bond acceptors (Lipinski definition) is 4. The number of nitrogens with zero attached hydrogens (tertiary/aromatic N) is 2. The fourth-order valence-corrected chi connectivity index (χ4v) is 5.53. The Morgan fingerprint density at radius 2 is 1.55 bits per heavy atom. The fraction of sp³-hybridized carbons (Fsp3) is 0.310. The van der Waals surface area contributed by atoms with E-state index in [9.17, 15) is 22.4 Å². The van der Waals surface area contributed by atoms with E-state index in [0.717, 1.165) is 21.9 Å². The van der Waals surface area contributed by atoms with E-state index in [2.05, 4.69) is 5.32 Å². The summed E-state index contributed by atoms with van der Waals surface area (Å²) < 4.78 is 42.2. The van der Waals surface area contributed by atoms with E-state index in [1.54, 1.807) is 37.3 Å². The minimum atomic E-state index is -4.12. The van der Waals surface area contributed by atoms with Gasteiger partial charge in [-0.25, -0.2) is 12.8 Å². The molecule has 3 aromatic rings. The molecule has 0 aromatic heterocycles. The molecule has 2 amide bonds. The zero-order chi connectivity index (χ0) is 27.9. The quantitative estimate of drug-likeness (QED) is 0.387. The maximum Gasteiger partial charge on any atom is 0.264 e. The molecule has 3 aromatic carbocycles. The number of anilines is 1. The molecule has 0 aliphatic rings. The molecule has 3 rings (SSSR count). The number of benzene rings is 3. The third kappa shape index (κ3) is 7.19. The van der Waals surface area contributed by atoms with Crippen LogP contribution in [0.3, 0.4) is 0 Å². The van der Waals surface area contributed by atoms with Crippen LogP contribution in [0.4, 0.5) is 10.1 Å². The van der Waals surface area contributed by atoms with Crippen molar-refractivity contribution in [3.05, 3.63) is 95.3 Å². The number of carbonyl (C=O) groups excluding carboxylic acids is 2. The Morgan fingerprint density at radius 3 is 2.13 bits per heavy atom. The molecule has 0 saturated heterocycles. The van der Waals surface area contributed by atoms with Crippen molar-refractivity contribution in [3.63, 3.8) is 0 Å². The van der Waals surface area contributed by atoms with E-state index in [0.29, 0.717) is 17.8 Å². The average molecular weight is 540 g/mol. The smallest absolute Gasteiger partial charge is 0.264 e. The molecule has 202 valence electrons. The van der Waals surface area contributed by atoms with Crippen LogP contribution in [0.25, 0.3) is 0 Å². The van der Waals surface area contributed by atoms with Crippen LogP contribution in [0.15, 0.2) is 77.7 Å². The maximum absolute atomic E-state index is 13.8. The third-order valence-corrected chi connectivity index (χ3v) is 7.88. The number of amides is 2. The summed E-state index contributed by atoms with van der Waals surface area (Å²) in [4.78, 5) is 28.1. The second kappa shape index (κ2) is 12.7. The zero-order valence-corrected chi connectivity index (χ0v) is 23.0. The molecule has 0 fully saturated rings. The molecule has 0 saturated carbocycles. The highest BCUT2D eigenvalue weighted by Gasteiger charge is 2.32. The van der Waals surface area contributed by atoms with Gasteiger partial charge in [0.15, 0.2) is 0 Å². The Labute approximate surface area is 224 Å². The van der Waals surface area contributed by atoms with Gasteiger partial charge in [-0.1, -0.05) is 43.3 Å². The van der Waals surface area contributed by atoms with Gasteiger partial charge in [-0.2, -0.15) is 0 Å². The van der Waals surface area contributed by atoms with Gasteiger partial charge in [0.1, 0.15) is 18.4 Å². The van der Waals surface area contributed by atoms with Crippen LogP contribution < -0.4 is 9.62 Å². The first-order chi connectivity index (χ1) is 18.0. The van der Waals surface area contributed by atoms with Crippen molar-refractivity contribution in [1.29, 1.82) is 0 Å². The van der Waals surface area contributed by atoms with E-state index < -0.39 is 34.3 Å². The molecule has 0 aliphatic heterocycles. The van der Waals surface area contributed by atoms with Crippen LogP contribution in [0.2, 0.25) is 0 Å². The third-order valence-electron chi connectivity index (χ3n) is 6.09. The van der Waals surface area contributed by atoms with Gasteiger partial charge in [-0.05, 0) is 80.3 Å². The second-order valence-corrected chi connectivity index (χ2v) is 11.1. The van der Waals surface area contributed by atoms with Gasteiger partial charge in [-0.15, -0.1) is 0 Å². The summed E-state index contributed by atoms with van der Waals surface area (Å²) >= 11 is 0. The lowest BCUT2D eigenvalue weighted by atomic mass is 10.1. The van der Waals surface area contributed by atoms with Gasteiger partial charge in [0.25, 0.3) is 10.0 Å². The Bertz CT molecular complexity index is 1340. The van der Waals surface area contributed by atoms with Crippen molar-refractivity contribution < 1.29 is 22.4 Å². The zero-order valence-electron chi connectivity index (χ0n) is 22.1. The normalized spacial score (nSPS) is 12.0. The number of sulfonamides is 1. The van der Waals surface area contributed by atoms with Crippen molar-refractivity contribution >= 4 is 27.5 Å². The topological polar surface area (TPSA) is 86.8 Å². The Morgan fingerprint density at radius 1 is 0.947 bits per heavy atom. The summed E-state index contributed by atoms with van der Waals surface area (Å²) in [5, 5.41) is 2.79. The summed E-state index contributed by atoms with van der Waals surface area (Å²) in [6.07, 6.45) is 0.722. The van der Waals surface area contributed by atoms with Crippen molar-refractivity contribution in [2.24, 2.45) is 0 Å². The lowest BCUT2D eigenvalue weighted by Crippen LogP contribution is -2.51. The summed E-state index contributed by atoms with van der Waals surface area (Å²) in [7, 11) is -4.12. The van der Waals surface area contributed by atoms with Crippen molar-refractivity contribution in [3.8, 4) is 0 Å². The lowest BCUT2D eigenvalue weighted by Gasteiger charge is -2.32. The summed E-state index contributed by atoms with van der Waals surface area (Å²) in [5.74, 6) is -1.34. The van der Waals surface area contributed by atoms with E-state index in [1.165, 1.54) is 41.3 Å². The average Bonchev–Trinajstić information content (AvgIpc) is 2.89. The first-order valence-corrected chi connectivity index (χ1v) is 13.9. The Balaban J connectivity index is 2.03. The molecule has 1 atom stereocenters. The Kier molecular flexibility index (Phi) is 9.63. The van der Waals surface area contributed by atoms with Gasteiger partial charge in [0.2, 0.25) is 11.8 Å². The monoisotopic (exact) mass is 539 g/mol. The standard InChI is InChI=1S/C29H34FN3O4S/c1-5-15-31-29(35)23(4)32(19-24-11-13-25(30)14-12-24)28(34)20-33(26-17-21(2)16-22(3)18-26)38(36,37)27-9-7-6-8-10-27/h6-14,16-18,23H,5,15,19-20H2,1-4H3,(H,31,35)/t23-/m1/s1. The first-order valence-electron chi connectivity index (χ1n) is 12.5. The van der Waals surface area contributed by atoms with Crippen LogP contribution >= 0.6 is 0 Å². The van der Waals surface area contributed by atoms with Crippen LogP contribution in [0.1, 0.15) is 37.0 Å². The molecule has 0 bridgehead atoms.